The predicted octanol–water partition coefficient (Wildman–Crippen LogP) is 1.74. The van der Waals surface area contributed by atoms with Gasteiger partial charge >= 0.3 is 11.7 Å². The molecule has 0 aliphatic carbocycles. The molecular weight excluding hydrogens is 256 g/mol. The van der Waals surface area contributed by atoms with Crippen LogP contribution in [0.4, 0.5) is 0 Å². The van der Waals surface area contributed by atoms with Crippen LogP contribution in [0.3, 0.4) is 0 Å². The van der Waals surface area contributed by atoms with E-state index in [1.807, 2.05) is 19.1 Å². The Morgan fingerprint density at radius 1 is 1.10 bits per heavy atom. The zero-order valence-corrected chi connectivity index (χ0v) is 11.5. The number of carboxylic acid groups (broad SMARTS) is 1. The smallest absolute Gasteiger partial charge is 0.328 e. The van der Waals surface area contributed by atoms with Gasteiger partial charge in [0.1, 0.15) is 0 Å². The fourth-order valence-corrected chi connectivity index (χ4v) is 2.12. The van der Waals surface area contributed by atoms with Gasteiger partial charge in [0.2, 0.25) is 0 Å². The zero-order chi connectivity index (χ0) is 14.5. The van der Waals surface area contributed by atoms with Crippen molar-refractivity contribution in [3.05, 3.63) is 58.3 Å². The van der Waals surface area contributed by atoms with Gasteiger partial charge in [-0.05, 0) is 17.5 Å². The molecule has 1 aromatic heterocycles. The maximum atomic E-state index is 12.0. The minimum absolute atomic E-state index is 0.0125. The monoisotopic (exact) mass is 274 g/mol. The van der Waals surface area contributed by atoms with Crippen molar-refractivity contribution in [1.82, 2.24) is 9.13 Å². The lowest BCUT2D eigenvalue weighted by atomic mass is 10.1. The lowest BCUT2D eigenvalue weighted by molar-refractivity contribution is -0.136. The van der Waals surface area contributed by atoms with Crippen LogP contribution in [0.15, 0.2) is 41.5 Å². The van der Waals surface area contributed by atoms with Crippen molar-refractivity contribution in [2.24, 2.45) is 0 Å². The summed E-state index contributed by atoms with van der Waals surface area (Å²) < 4.78 is 3.35. The quantitative estimate of drug-likeness (QED) is 0.872. The molecule has 0 spiro atoms. The Balaban J connectivity index is 2.10. The first-order chi connectivity index (χ1) is 9.60. The zero-order valence-electron chi connectivity index (χ0n) is 11.5. The lowest BCUT2D eigenvalue weighted by Gasteiger charge is -2.04. The molecule has 1 heterocycles. The van der Waals surface area contributed by atoms with Gasteiger partial charge in [0.15, 0.2) is 0 Å². The maximum absolute atomic E-state index is 12.0. The number of hydrogen-bond donors (Lipinski definition) is 1. The molecule has 2 aromatic rings. The van der Waals surface area contributed by atoms with E-state index in [0.29, 0.717) is 6.54 Å². The molecule has 2 rings (SSSR count). The van der Waals surface area contributed by atoms with Gasteiger partial charge in [-0.2, -0.15) is 0 Å². The second-order valence-corrected chi connectivity index (χ2v) is 4.79. The Morgan fingerprint density at radius 2 is 1.70 bits per heavy atom. The predicted molar refractivity (Wildman–Crippen MR) is 75.9 cm³/mol. The first-order valence-corrected chi connectivity index (χ1v) is 6.65. The molecule has 0 atom stereocenters. The summed E-state index contributed by atoms with van der Waals surface area (Å²) >= 11 is 0. The highest BCUT2D eigenvalue weighted by Gasteiger charge is 2.04. The Morgan fingerprint density at radius 3 is 2.30 bits per heavy atom. The molecule has 0 bridgehead atoms. The van der Waals surface area contributed by atoms with E-state index in [-0.39, 0.29) is 12.1 Å². The van der Waals surface area contributed by atoms with Gasteiger partial charge in [-0.15, -0.1) is 0 Å². The number of imidazole rings is 1. The minimum Gasteiger partial charge on any atom is -0.481 e. The molecule has 0 aliphatic heterocycles. The second kappa shape index (κ2) is 6.23. The largest absolute Gasteiger partial charge is 0.481 e. The fourth-order valence-electron chi connectivity index (χ4n) is 2.12. The topological polar surface area (TPSA) is 64.2 Å². The van der Waals surface area contributed by atoms with Crippen LogP contribution >= 0.6 is 0 Å². The van der Waals surface area contributed by atoms with Gasteiger partial charge in [-0.25, -0.2) is 4.79 Å². The first-order valence-electron chi connectivity index (χ1n) is 6.65. The number of aryl methyl sites for hydroxylation is 1. The molecule has 0 unspecified atom stereocenters. The van der Waals surface area contributed by atoms with Crippen molar-refractivity contribution >= 4 is 5.97 Å². The average Bonchev–Trinajstić information content (AvgIpc) is 2.74. The standard InChI is InChI=1S/C15H18N2O3/c1-2-7-16-8-9-17(15(16)20)11-13-5-3-12(4-6-13)10-14(18)19/h3-6,8-9H,2,7,10-11H2,1H3,(H,18,19). The molecule has 5 nitrogen and oxygen atoms in total. The van der Waals surface area contributed by atoms with E-state index in [0.717, 1.165) is 24.1 Å². The summed E-state index contributed by atoms with van der Waals surface area (Å²) in [6.45, 7) is 3.26. The molecule has 20 heavy (non-hydrogen) atoms. The normalized spacial score (nSPS) is 10.7. The van der Waals surface area contributed by atoms with E-state index in [4.69, 9.17) is 5.11 Å². The lowest BCUT2D eigenvalue weighted by Crippen LogP contribution is -2.24. The molecule has 0 amide bonds. The van der Waals surface area contributed by atoms with E-state index in [2.05, 4.69) is 0 Å². The number of hydrogen-bond acceptors (Lipinski definition) is 2. The molecule has 0 aliphatic rings. The van der Waals surface area contributed by atoms with Crippen molar-refractivity contribution in [3.63, 3.8) is 0 Å². The molecule has 1 aromatic carbocycles. The summed E-state index contributed by atoms with van der Waals surface area (Å²) in [5, 5.41) is 8.71. The van der Waals surface area contributed by atoms with Gasteiger partial charge in [-0.3, -0.25) is 13.9 Å². The third-order valence-electron chi connectivity index (χ3n) is 3.11. The minimum atomic E-state index is -0.842. The fraction of sp³-hybridized carbons (Fsp3) is 0.333. The third kappa shape index (κ3) is 3.38. The Labute approximate surface area is 117 Å². The Kier molecular flexibility index (Phi) is 4.40. The Bertz CT molecular complexity index is 638. The van der Waals surface area contributed by atoms with Crippen LogP contribution in [0, 0.1) is 0 Å². The highest BCUT2D eigenvalue weighted by Crippen LogP contribution is 2.06. The summed E-state index contributed by atoms with van der Waals surface area (Å²) in [4.78, 5) is 22.6. The molecule has 5 heteroatoms. The molecule has 0 saturated carbocycles. The van der Waals surface area contributed by atoms with Gasteiger partial charge in [0, 0.05) is 18.9 Å². The number of aliphatic carboxylic acids is 1. The average molecular weight is 274 g/mol. The van der Waals surface area contributed by atoms with Gasteiger partial charge < -0.3 is 5.11 Å². The molecular formula is C15H18N2O3. The highest BCUT2D eigenvalue weighted by atomic mass is 16.4. The van der Waals surface area contributed by atoms with Crippen LogP contribution in [0.1, 0.15) is 24.5 Å². The summed E-state index contributed by atoms with van der Waals surface area (Å²) in [5.74, 6) is -0.842. The van der Waals surface area contributed by atoms with E-state index >= 15 is 0 Å². The molecule has 106 valence electrons. The van der Waals surface area contributed by atoms with Crippen molar-refractivity contribution in [2.75, 3.05) is 0 Å². The number of benzene rings is 1. The number of carboxylic acids is 1. The molecule has 0 fully saturated rings. The third-order valence-corrected chi connectivity index (χ3v) is 3.11. The van der Waals surface area contributed by atoms with Crippen LogP contribution in [0.2, 0.25) is 0 Å². The number of aromatic nitrogens is 2. The van der Waals surface area contributed by atoms with E-state index in [1.165, 1.54) is 0 Å². The van der Waals surface area contributed by atoms with Crippen molar-refractivity contribution in [1.29, 1.82) is 0 Å². The molecule has 0 saturated heterocycles. The molecule has 0 radical (unpaired) electrons. The SMILES string of the molecule is CCCn1ccn(Cc2ccc(CC(=O)O)cc2)c1=O. The highest BCUT2D eigenvalue weighted by molar-refractivity contribution is 5.70. The summed E-state index contributed by atoms with van der Waals surface area (Å²) in [5.41, 5.74) is 1.73. The maximum Gasteiger partial charge on any atom is 0.328 e. The summed E-state index contributed by atoms with van der Waals surface area (Å²) in [6.07, 6.45) is 4.52. The van der Waals surface area contributed by atoms with Gasteiger partial charge in [0.25, 0.3) is 0 Å². The van der Waals surface area contributed by atoms with Crippen LogP contribution in [-0.4, -0.2) is 20.2 Å². The van der Waals surface area contributed by atoms with Crippen molar-refractivity contribution in [2.45, 2.75) is 32.9 Å². The van der Waals surface area contributed by atoms with E-state index in [9.17, 15) is 9.59 Å². The van der Waals surface area contributed by atoms with Gasteiger partial charge in [-0.1, -0.05) is 31.2 Å². The number of carbonyl (C=O) groups is 1. The first kappa shape index (κ1) is 14.1. The van der Waals surface area contributed by atoms with Crippen molar-refractivity contribution < 1.29 is 9.90 Å². The van der Waals surface area contributed by atoms with Crippen LogP contribution < -0.4 is 5.69 Å². The number of nitrogens with zero attached hydrogens (tertiary/aromatic N) is 2. The van der Waals surface area contributed by atoms with Crippen LogP contribution in [0.25, 0.3) is 0 Å². The summed E-state index contributed by atoms with van der Waals surface area (Å²) in [7, 11) is 0. The Hall–Kier alpha value is -2.30. The number of rotatable bonds is 6. The van der Waals surface area contributed by atoms with Gasteiger partial charge in [0.05, 0.1) is 13.0 Å². The van der Waals surface area contributed by atoms with E-state index in [1.54, 1.807) is 33.7 Å². The van der Waals surface area contributed by atoms with Crippen LogP contribution in [-0.2, 0) is 24.3 Å². The molecule has 1 N–H and O–H groups in total. The second-order valence-electron chi connectivity index (χ2n) is 4.79. The van der Waals surface area contributed by atoms with Crippen LogP contribution in [0.5, 0.6) is 0 Å². The summed E-state index contributed by atoms with van der Waals surface area (Å²) in [6, 6.07) is 7.30. The van der Waals surface area contributed by atoms with Crippen molar-refractivity contribution in [3.8, 4) is 0 Å². The van der Waals surface area contributed by atoms with E-state index < -0.39 is 5.97 Å².